The van der Waals surface area contributed by atoms with Crippen molar-refractivity contribution in [3.8, 4) is 11.4 Å². The molecule has 7 heteroatoms. The molecule has 0 N–H and O–H groups in total. The van der Waals surface area contributed by atoms with Crippen LogP contribution in [0.5, 0.6) is 0 Å². The molecule has 3 aromatic rings. The fourth-order valence-corrected chi connectivity index (χ4v) is 5.36. The van der Waals surface area contributed by atoms with Gasteiger partial charge in [-0.25, -0.2) is 8.42 Å². The second-order valence-electron chi connectivity index (χ2n) is 7.82. The van der Waals surface area contributed by atoms with Gasteiger partial charge in [0.05, 0.1) is 4.90 Å². The minimum absolute atomic E-state index is 0.298. The zero-order valence-corrected chi connectivity index (χ0v) is 17.7. The number of aryl methyl sites for hydroxylation is 1. The van der Waals surface area contributed by atoms with Crippen LogP contribution in [0.25, 0.3) is 11.4 Å². The zero-order chi connectivity index (χ0) is 20.6. The Morgan fingerprint density at radius 2 is 1.90 bits per heavy atom. The molecule has 0 saturated carbocycles. The summed E-state index contributed by atoms with van der Waals surface area (Å²) in [5.74, 6) is 1.18. The average Bonchev–Trinajstić information content (AvgIpc) is 3.37. The molecule has 2 aromatic carbocycles. The van der Waals surface area contributed by atoms with Crippen molar-refractivity contribution in [1.82, 2.24) is 14.4 Å². The average molecular weight is 412 g/mol. The predicted octanol–water partition coefficient (Wildman–Crippen LogP) is 4.69. The number of nitrogens with zero attached hydrogens (tertiary/aromatic N) is 3. The van der Waals surface area contributed by atoms with E-state index in [1.54, 1.807) is 12.1 Å². The molecule has 4 rings (SSSR count). The lowest BCUT2D eigenvalue weighted by Crippen LogP contribution is -2.30. The summed E-state index contributed by atoms with van der Waals surface area (Å²) in [6.45, 7) is 6.62. The lowest BCUT2D eigenvalue weighted by atomic mass is 10.0. The Morgan fingerprint density at radius 1 is 1.14 bits per heavy atom. The van der Waals surface area contributed by atoms with E-state index < -0.39 is 16.1 Å². The Balaban J connectivity index is 1.62. The van der Waals surface area contributed by atoms with Crippen molar-refractivity contribution in [2.24, 2.45) is 0 Å². The van der Waals surface area contributed by atoms with E-state index in [9.17, 15) is 8.42 Å². The van der Waals surface area contributed by atoms with Crippen molar-refractivity contribution in [1.29, 1.82) is 0 Å². The molecule has 6 nitrogen and oxygen atoms in total. The summed E-state index contributed by atoms with van der Waals surface area (Å²) in [5, 5.41) is 4.08. The van der Waals surface area contributed by atoms with E-state index in [1.165, 1.54) is 4.31 Å². The highest BCUT2D eigenvalue weighted by molar-refractivity contribution is 7.89. The van der Waals surface area contributed by atoms with Gasteiger partial charge in [0.25, 0.3) is 0 Å². The molecule has 29 heavy (non-hydrogen) atoms. The molecule has 1 aliphatic rings. The van der Waals surface area contributed by atoms with Crippen molar-refractivity contribution in [3.05, 3.63) is 65.5 Å². The van der Waals surface area contributed by atoms with Gasteiger partial charge in [-0.1, -0.05) is 54.9 Å². The first-order valence-electron chi connectivity index (χ1n) is 9.89. The van der Waals surface area contributed by atoms with Gasteiger partial charge in [0.1, 0.15) is 6.04 Å². The normalized spacial score (nSPS) is 17.9. The van der Waals surface area contributed by atoms with Crippen LogP contribution in [0.3, 0.4) is 0 Å². The van der Waals surface area contributed by atoms with Crippen molar-refractivity contribution >= 4 is 10.0 Å². The first-order chi connectivity index (χ1) is 13.9. The van der Waals surface area contributed by atoms with E-state index in [1.807, 2.05) is 43.3 Å². The fraction of sp³-hybridized carbons (Fsp3) is 0.364. The summed E-state index contributed by atoms with van der Waals surface area (Å²) in [6, 6.07) is 14.5. The van der Waals surface area contributed by atoms with Gasteiger partial charge in [0.2, 0.25) is 21.7 Å². The number of hydrogen-bond donors (Lipinski definition) is 0. The molecule has 0 bridgehead atoms. The van der Waals surface area contributed by atoms with E-state index in [4.69, 9.17) is 4.52 Å². The molecule has 2 heterocycles. The highest BCUT2D eigenvalue weighted by Gasteiger charge is 2.39. The van der Waals surface area contributed by atoms with Gasteiger partial charge < -0.3 is 4.52 Å². The number of benzene rings is 2. The smallest absolute Gasteiger partial charge is 0.245 e. The predicted molar refractivity (Wildman–Crippen MR) is 111 cm³/mol. The summed E-state index contributed by atoms with van der Waals surface area (Å²) in [5.41, 5.74) is 3.07. The van der Waals surface area contributed by atoms with Gasteiger partial charge in [-0.2, -0.15) is 9.29 Å². The van der Waals surface area contributed by atoms with Crippen LogP contribution < -0.4 is 0 Å². The highest BCUT2D eigenvalue weighted by atomic mass is 32.2. The topological polar surface area (TPSA) is 76.3 Å². The van der Waals surface area contributed by atoms with E-state index in [0.29, 0.717) is 35.5 Å². The minimum Gasteiger partial charge on any atom is -0.337 e. The summed E-state index contributed by atoms with van der Waals surface area (Å²) < 4.78 is 33.5. The maximum Gasteiger partial charge on any atom is 0.245 e. The minimum atomic E-state index is -3.64. The lowest BCUT2D eigenvalue weighted by Gasteiger charge is -2.21. The fourth-order valence-electron chi connectivity index (χ4n) is 3.71. The Kier molecular flexibility index (Phi) is 5.27. The molecule has 0 spiro atoms. The van der Waals surface area contributed by atoms with E-state index >= 15 is 0 Å². The van der Waals surface area contributed by atoms with Gasteiger partial charge in [-0.3, -0.25) is 0 Å². The Bertz CT molecular complexity index is 1100. The molecule has 1 atom stereocenters. The van der Waals surface area contributed by atoms with Crippen molar-refractivity contribution in [2.45, 2.75) is 50.5 Å². The Labute approximate surface area is 171 Å². The van der Waals surface area contributed by atoms with Crippen LogP contribution in [-0.2, 0) is 10.0 Å². The van der Waals surface area contributed by atoms with E-state index in [2.05, 4.69) is 24.0 Å². The van der Waals surface area contributed by atoms with Crippen molar-refractivity contribution in [3.63, 3.8) is 0 Å². The van der Waals surface area contributed by atoms with E-state index in [0.717, 1.165) is 23.1 Å². The van der Waals surface area contributed by atoms with Crippen LogP contribution in [0.4, 0.5) is 0 Å². The molecule has 0 radical (unpaired) electrons. The van der Waals surface area contributed by atoms with Crippen molar-refractivity contribution < 1.29 is 12.9 Å². The monoisotopic (exact) mass is 411 g/mol. The largest absolute Gasteiger partial charge is 0.337 e. The molecule has 152 valence electrons. The SMILES string of the molecule is Cc1cccc(-c2noc(C3CCCN3S(=O)(=O)c3ccc(C(C)C)cc3)n2)c1. The Morgan fingerprint density at radius 3 is 2.59 bits per heavy atom. The van der Waals surface area contributed by atoms with Gasteiger partial charge in [0.15, 0.2) is 0 Å². The third-order valence-corrected chi connectivity index (χ3v) is 7.28. The van der Waals surface area contributed by atoms with Gasteiger partial charge in [-0.15, -0.1) is 0 Å². The van der Waals surface area contributed by atoms with Crippen LogP contribution in [0.15, 0.2) is 57.9 Å². The summed E-state index contributed by atoms with van der Waals surface area (Å²) in [7, 11) is -3.64. The third kappa shape index (κ3) is 3.84. The maximum absolute atomic E-state index is 13.3. The zero-order valence-electron chi connectivity index (χ0n) is 16.9. The molecule has 1 saturated heterocycles. The molecule has 1 fully saturated rings. The second kappa shape index (κ2) is 7.72. The molecule has 1 aliphatic heterocycles. The van der Waals surface area contributed by atoms with Crippen LogP contribution in [0.2, 0.25) is 0 Å². The van der Waals surface area contributed by atoms with Crippen molar-refractivity contribution in [2.75, 3.05) is 6.54 Å². The molecule has 0 aliphatic carbocycles. The summed E-state index contributed by atoms with van der Waals surface area (Å²) >= 11 is 0. The van der Waals surface area contributed by atoms with Crippen LogP contribution in [0.1, 0.15) is 55.7 Å². The maximum atomic E-state index is 13.3. The summed E-state index contributed by atoms with van der Waals surface area (Å²) in [6.07, 6.45) is 1.43. The molecular weight excluding hydrogens is 386 g/mol. The van der Waals surface area contributed by atoms with Crippen LogP contribution >= 0.6 is 0 Å². The van der Waals surface area contributed by atoms with E-state index in [-0.39, 0.29) is 0 Å². The second-order valence-corrected chi connectivity index (χ2v) is 9.71. The molecule has 1 aromatic heterocycles. The number of rotatable bonds is 5. The molecular formula is C22H25N3O3S. The van der Waals surface area contributed by atoms with Gasteiger partial charge in [0, 0.05) is 12.1 Å². The number of sulfonamides is 1. The van der Waals surface area contributed by atoms with Gasteiger partial charge in [-0.05, 0) is 49.4 Å². The van der Waals surface area contributed by atoms with Crippen LogP contribution in [0, 0.1) is 6.92 Å². The Hall–Kier alpha value is -2.51. The first-order valence-corrected chi connectivity index (χ1v) is 11.3. The molecule has 1 unspecified atom stereocenters. The third-order valence-electron chi connectivity index (χ3n) is 5.36. The first kappa shape index (κ1) is 19.8. The van der Waals surface area contributed by atoms with Gasteiger partial charge >= 0.3 is 0 Å². The lowest BCUT2D eigenvalue weighted by molar-refractivity contribution is 0.290. The quantitative estimate of drug-likeness (QED) is 0.608. The molecule has 0 amide bonds. The highest BCUT2D eigenvalue weighted by Crippen LogP contribution is 2.36. The van der Waals surface area contributed by atoms with Crippen LogP contribution in [-0.4, -0.2) is 29.4 Å². The number of aromatic nitrogens is 2. The summed E-state index contributed by atoms with van der Waals surface area (Å²) in [4.78, 5) is 4.81. The number of hydrogen-bond acceptors (Lipinski definition) is 5. The standard InChI is InChI=1S/C22H25N3O3S/c1-15(2)17-9-11-19(12-10-17)29(26,27)25-13-5-8-20(25)22-23-21(24-28-22)18-7-4-6-16(3)14-18/h4,6-7,9-12,14-15,20H,5,8,13H2,1-3H3.